The van der Waals surface area contributed by atoms with Gasteiger partial charge < -0.3 is 5.32 Å². The number of carbonyl (C=O) groups excluding carboxylic acids is 1. The molecule has 2 heterocycles. The first kappa shape index (κ1) is 13.1. The van der Waals surface area contributed by atoms with Crippen LogP contribution in [0.15, 0.2) is 54.7 Å². The van der Waals surface area contributed by atoms with Crippen LogP contribution in [0.4, 0.5) is 5.69 Å². The lowest BCUT2D eigenvalue weighted by molar-refractivity contribution is -0.111. The summed E-state index contributed by atoms with van der Waals surface area (Å²) in [4.78, 5) is 16.1. The number of nitrogens with one attached hydrogen (secondary N) is 1. The van der Waals surface area contributed by atoms with Crippen molar-refractivity contribution in [1.29, 1.82) is 0 Å². The van der Waals surface area contributed by atoms with Gasteiger partial charge in [-0.05, 0) is 30.7 Å². The highest BCUT2D eigenvalue weighted by atomic mass is 16.1. The predicted molar refractivity (Wildman–Crippen MR) is 81.8 cm³/mol. The van der Waals surface area contributed by atoms with Gasteiger partial charge in [0.25, 0.3) is 0 Å². The molecule has 1 amide bonds. The van der Waals surface area contributed by atoms with Gasteiger partial charge in [-0.1, -0.05) is 30.3 Å². The van der Waals surface area contributed by atoms with Gasteiger partial charge in [0.05, 0.1) is 11.9 Å². The van der Waals surface area contributed by atoms with Crippen LogP contribution in [0, 0.1) is 6.92 Å². The number of aromatic nitrogens is 3. The molecule has 3 aromatic rings. The Bertz CT molecular complexity index is 806. The second-order valence-electron chi connectivity index (χ2n) is 4.61. The topological polar surface area (TPSA) is 59.3 Å². The van der Waals surface area contributed by atoms with Gasteiger partial charge in [0, 0.05) is 6.08 Å². The van der Waals surface area contributed by atoms with Crippen molar-refractivity contribution >= 4 is 23.3 Å². The van der Waals surface area contributed by atoms with Crippen LogP contribution in [0.1, 0.15) is 11.4 Å². The van der Waals surface area contributed by atoms with Crippen LogP contribution >= 0.6 is 0 Å². The summed E-state index contributed by atoms with van der Waals surface area (Å²) >= 11 is 0. The Kier molecular flexibility index (Phi) is 3.47. The minimum absolute atomic E-state index is 0.185. The summed E-state index contributed by atoms with van der Waals surface area (Å²) in [7, 11) is 0. The van der Waals surface area contributed by atoms with Gasteiger partial charge in [0.1, 0.15) is 5.82 Å². The number of amides is 1. The number of hydrogen-bond donors (Lipinski definition) is 1. The van der Waals surface area contributed by atoms with Gasteiger partial charge in [0.15, 0.2) is 5.65 Å². The van der Waals surface area contributed by atoms with Gasteiger partial charge in [-0.25, -0.2) is 9.50 Å². The molecule has 0 aliphatic heterocycles. The molecule has 0 fully saturated rings. The molecule has 0 radical (unpaired) electrons. The third-order valence-electron chi connectivity index (χ3n) is 2.93. The number of carbonyl (C=O) groups is 1. The maximum Gasteiger partial charge on any atom is 0.248 e. The summed E-state index contributed by atoms with van der Waals surface area (Å²) in [5, 5.41) is 7.01. The molecule has 0 aliphatic carbocycles. The van der Waals surface area contributed by atoms with Crippen LogP contribution in [0.3, 0.4) is 0 Å². The molecule has 0 unspecified atom stereocenters. The molecule has 0 atom stereocenters. The molecular weight excluding hydrogens is 264 g/mol. The smallest absolute Gasteiger partial charge is 0.248 e. The molecule has 0 aliphatic rings. The van der Waals surface area contributed by atoms with Crippen LogP contribution in [-0.2, 0) is 4.79 Å². The lowest BCUT2D eigenvalue weighted by atomic mass is 10.2. The molecule has 104 valence electrons. The molecule has 0 spiro atoms. The van der Waals surface area contributed by atoms with E-state index in [0.29, 0.717) is 11.5 Å². The molecule has 2 aromatic heterocycles. The van der Waals surface area contributed by atoms with Crippen molar-refractivity contribution in [3.63, 3.8) is 0 Å². The first-order valence-electron chi connectivity index (χ1n) is 6.58. The molecule has 0 bridgehead atoms. The minimum Gasteiger partial charge on any atom is -0.321 e. The summed E-state index contributed by atoms with van der Waals surface area (Å²) in [6.07, 6.45) is 5.02. The largest absolute Gasteiger partial charge is 0.321 e. The summed E-state index contributed by atoms with van der Waals surface area (Å²) in [5.74, 6) is 0.512. The van der Waals surface area contributed by atoms with Crippen molar-refractivity contribution < 1.29 is 4.79 Å². The lowest BCUT2D eigenvalue weighted by Crippen LogP contribution is -2.08. The molecule has 5 heteroatoms. The monoisotopic (exact) mass is 278 g/mol. The summed E-state index contributed by atoms with van der Waals surface area (Å²) in [5.41, 5.74) is 2.41. The molecule has 0 saturated heterocycles. The first-order valence-corrected chi connectivity index (χ1v) is 6.58. The van der Waals surface area contributed by atoms with Gasteiger partial charge in [-0.3, -0.25) is 4.79 Å². The Morgan fingerprint density at radius 1 is 1.19 bits per heavy atom. The Morgan fingerprint density at radius 2 is 2.00 bits per heavy atom. The Morgan fingerprint density at radius 3 is 2.81 bits per heavy atom. The highest BCUT2D eigenvalue weighted by molar-refractivity contribution is 6.01. The third-order valence-corrected chi connectivity index (χ3v) is 2.93. The van der Waals surface area contributed by atoms with E-state index in [4.69, 9.17) is 0 Å². The summed E-state index contributed by atoms with van der Waals surface area (Å²) < 4.78 is 1.64. The van der Waals surface area contributed by atoms with Crippen molar-refractivity contribution in [1.82, 2.24) is 14.6 Å². The molecule has 5 nitrogen and oxygen atoms in total. The number of pyridine rings is 1. The Balaban J connectivity index is 1.72. The average molecular weight is 278 g/mol. The highest BCUT2D eigenvalue weighted by Gasteiger charge is 2.02. The highest BCUT2D eigenvalue weighted by Crippen LogP contribution is 2.10. The number of benzene rings is 1. The van der Waals surface area contributed by atoms with Crippen LogP contribution in [-0.4, -0.2) is 20.5 Å². The average Bonchev–Trinajstić information content (AvgIpc) is 2.85. The first-order chi connectivity index (χ1) is 10.2. The van der Waals surface area contributed by atoms with E-state index in [-0.39, 0.29) is 5.91 Å². The van der Waals surface area contributed by atoms with Crippen molar-refractivity contribution in [2.75, 3.05) is 5.32 Å². The van der Waals surface area contributed by atoms with E-state index < -0.39 is 0 Å². The molecule has 1 aromatic carbocycles. The van der Waals surface area contributed by atoms with E-state index in [2.05, 4.69) is 15.4 Å². The Labute approximate surface area is 121 Å². The number of nitrogens with zero attached hydrogens (tertiary/aromatic N) is 3. The van der Waals surface area contributed by atoms with E-state index in [9.17, 15) is 4.79 Å². The zero-order valence-corrected chi connectivity index (χ0v) is 11.5. The number of fused-ring (bicyclic) bond motifs is 1. The normalized spacial score (nSPS) is 11.1. The quantitative estimate of drug-likeness (QED) is 0.749. The molecule has 0 saturated carbocycles. The van der Waals surface area contributed by atoms with Gasteiger partial charge >= 0.3 is 0 Å². The van der Waals surface area contributed by atoms with Crippen molar-refractivity contribution in [2.24, 2.45) is 0 Å². The van der Waals surface area contributed by atoms with E-state index in [0.717, 1.165) is 11.2 Å². The van der Waals surface area contributed by atoms with E-state index in [1.54, 1.807) is 22.9 Å². The predicted octanol–water partition coefficient (Wildman–Crippen LogP) is 2.69. The molecular formula is C16H14N4O. The lowest BCUT2D eigenvalue weighted by Gasteiger charge is -2.02. The second-order valence-corrected chi connectivity index (χ2v) is 4.61. The van der Waals surface area contributed by atoms with Crippen LogP contribution in [0.25, 0.3) is 11.7 Å². The van der Waals surface area contributed by atoms with E-state index >= 15 is 0 Å². The number of hydrogen-bond acceptors (Lipinski definition) is 3. The van der Waals surface area contributed by atoms with E-state index in [1.165, 1.54) is 6.08 Å². The fourth-order valence-corrected chi connectivity index (χ4v) is 1.99. The second kappa shape index (κ2) is 5.58. The zero-order valence-electron chi connectivity index (χ0n) is 11.5. The summed E-state index contributed by atoms with van der Waals surface area (Å²) in [6.45, 7) is 1.83. The molecule has 1 N–H and O–H groups in total. The fourth-order valence-electron chi connectivity index (χ4n) is 1.99. The maximum atomic E-state index is 11.9. The summed E-state index contributed by atoms with van der Waals surface area (Å²) in [6, 6.07) is 13.3. The van der Waals surface area contributed by atoms with Crippen LogP contribution < -0.4 is 5.32 Å². The molecule has 21 heavy (non-hydrogen) atoms. The minimum atomic E-state index is -0.185. The van der Waals surface area contributed by atoms with Crippen molar-refractivity contribution in [2.45, 2.75) is 6.92 Å². The van der Waals surface area contributed by atoms with Crippen LogP contribution in [0.5, 0.6) is 0 Å². The van der Waals surface area contributed by atoms with Crippen LogP contribution in [0.2, 0.25) is 0 Å². The van der Waals surface area contributed by atoms with E-state index in [1.807, 2.05) is 43.3 Å². The standard InChI is InChI=1S/C16H14N4O/c1-12-17-15-9-8-14(11-20(15)19-12)18-16(21)10-7-13-5-3-2-4-6-13/h2-11H,1H3,(H,18,21)/b10-7+. The Hall–Kier alpha value is -2.95. The SMILES string of the molecule is Cc1nc2ccc(NC(=O)/C=C/c3ccccc3)cn2n1. The van der Waals surface area contributed by atoms with Gasteiger partial charge in [0.2, 0.25) is 5.91 Å². The van der Waals surface area contributed by atoms with Gasteiger partial charge in [-0.2, -0.15) is 5.10 Å². The number of rotatable bonds is 3. The van der Waals surface area contributed by atoms with Gasteiger partial charge in [-0.15, -0.1) is 0 Å². The zero-order chi connectivity index (χ0) is 14.7. The number of aryl methyl sites for hydroxylation is 1. The third kappa shape index (κ3) is 3.14. The molecule has 3 rings (SSSR count). The van der Waals surface area contributed by atoms with Crippen molar-refractivity contribution in [3.8, 4) is 0 Å². The van der Waals surface area contributed by atoms with Crippen molar-refractivity contribution in [3.05, 3.63) is 66.1 Å². The number of anilines is 1. The maximum absolute atomic E-state index is 11.9. The fraction of sp³-hybridized carbons (Fsp3) is 0.0625.